The van der Waals surface area contributed by atoms with Crippen molar-refractivity contribution in [3.63, 3.8) is 0 Å². The van der Waals surface area contributed by atoms with Gasteiger partial charge < -0.3 is 19.7 Å². The number of alkyl halides is 3. The molecule has 3 rings (SSSR count). The van der Waals surface area contributed by atoms with Crippen molar-refractivity contribution in [2.24, 2.45) is 0 Å². The van der Waals surface area contributed by atoms with Crippen molar-refractivity contribution in [2.75, 3.05) is 30.9 Å². The molecule has 0 unspecified atom stereocenters. The van der Waals surface area contributed by atoms with E-state index in [1.54, 1.807) is 43.3 Å². The fraction of sp³-hybridized carbons (Fsp3) is 0.278. The van der Waals surface area contributed by atoms with Crippen LogP contribution in [0.5, 0.6) is 11.5 Å². The number of fused-ring (bicyclic) bond motifs is 1. The highest BCUT2D eigenvalue weighted by molar-refractivity contribution is 5.97. The maximum absolute atomic E-state index is 13.0. The SMILES string of the molecule is CN(C)c1ccc(C(F)(F)F)cc1NC(=O)[C@H]1COc2ccccc2O1. The Bertz CT molecular complexity index is 822. The minimum atomic E-state index is -4.51. The van der Waals surface area contributed by atoms with Gasteiger partial charge in [-0.25, -0.2) is 0 Å². The normalized spacial score (nSPS) is 16.1. The molecule has 2 aromatic carbocycles. The molecule has 0 radical (unpaired) electrons. The summed E-state index contributed by atoms with van der Waals surface area (Å²) in [6.07, 6.45) is -5.47. The third-order valence-electron chi connectivity index (χ3n) is 3.86. The number of benzene rings is 2. The van der Waals surface area contributed by atoms with Crippen molar-refractivity contribution in [1.82, 2.24) is 0 Å². The Morgan fingerprint density at radius 1 is 1.15 bits per heavy atom. The number of nitrogens with one attached hydrogen (secondary N) is 1. The molecule has 1 N–H and O–H groups in total. The first-order valence-electron chi connectivity index (χ1n) is 7.83. The number of ether oxygens (including phenoxy) is 2. The lowest BCUT2D eigenvalue weighted by Crippen LogP contribution is -2.40. The van der Waals surface area contributed by atoms with Crippen molar-refractivity contribution in [3.05, 3.63) is 48.0 Å². The number of hydrogen-bond acceptors (Lipinski definition) is 4. The van der Waals surface area contributed by atoms with Gasteiger partial charge in [-0.3, -0.25) is 4.79 Å². The van der Waals surface area contributed by atoms with Gasteiger partial charge in [0.05, 0.1) is 16.9 Å². The third-order valence-corrected chi connectivity index (χ3v) is 3.86. The number of anilines is 2. The molecule has 5 nitrogen and oxygen atoms in total. The van der Waals surface area contributed by atoms with Crippen LogP contribution in [0.1, 0.15) is 5.56 Å². The fourth-order valence-corrected chi connectivity index (χ4v) is 2.56. The van der Waals surface area contributed by atoms with Gasteiger partial charge in [0, 0.05) is 14.1 Å². The minimum absolute atomic E-state index is 0.0287. The van der Waals surface area contributed by atoms with Gasteiger partial charge in [0.1, 0.15) is 6.61 Å². The quantitative estimate of drug-likeness (QED) is 0.903. The van der Waals surface area contributed by atoms with Gasteiger partial charge in [-0.2, -0.15) is 13.2 Å². The lowest BCUT2D eigenvalue weighted by molar-refractivity contribution is -0.137. The van der Waals surface area contributed by atoms with Gasteiger partial charge in [0.25, 0.3) is 5.91 Å². The molecule has 8 heteroatoms. The zero-order valence-electron chi connectivity index (χ0n) is 14.1. The van der Waals surface area contributed by atoms with Crippen LogP contribution in [0, 0.1) is 0 Å². The molecule has 26 heavy (non-hydrogen) atoms. The maximum atomic E-state index is 13.0. The van der Waals surface area contributed by atoms with E-state index in [-0.39, 0.29) is 12.3 Å². The molecule has 1 atom stereocenters. The number of rotatable bonds is 3. The average Bonchev–Trinajstić information content (AvgIpc) is 2.60. The van der Waals surface area contributed by atoms with Crippen LogP contribution in [-0.2, 0) is 11.0 Å². The first-order valence-corrected chi connectivity index (χ1v) is 7.83. The van der Waals surface area contributed by atoms with E-state index in [1.807, 2.05) is 0 Å². The third kappa shape index (κ3) is 3.68. The highest BCUT2D eigenvalue weighted by Gasteiger charge is 2.32. The largest absolute Gasteiger partial charge is 0.485 e. The second-order valence-electron chi connectivity index (χ2n) is 5.98. The number of nitrogens with zero attached hydrogens (tertiary/aromatic N) is 1. The van der Waals surface area contributed by atoms with Crippen molar-refractivity contribution in [2.45, 2.75) is 12.3 Å². The Balaban J connectivity index is 1.83. The van der Waals surface area contributed by atoms with Crippen LogP contribution in [0.4, 0.5) is 24.5 Å². The molecule has 138 valence electrons. The summed E-state index contributed by atoms with van der Waals surface area (Å²) >= 11 is 0. The molecular weight excluding hydrogens is 349 g/mol. The van der Waals surface area contributed by atoms with Crippen LogP contribution in [0.2, 0.25) is 0 Å². The van der Waals surface area contributed by atoms with Crippen LogP contribution in [0.3, 0.4) is 0 Å². The van der Waals surface area contributed by atoms with Crippen molar-refractivity contribution in [1.29, 1.82) is 0 Å². The summed E-state index contributed by atoms with van der Waals surface area (Å²) in [5.74, 6) is 0.349. The van der Waals surface area contributed by atoms with Crippen molar-refractivity contribution < 1.29 is 27.4 Å². The summed E-state index contributed by atoms with van der Waals surface area (Å²) in [7, 11) is 3.35. The molecular formula is C18H17F3N2O3. The predicted octanol–water partition coefficient (Wildman–Crippen LogP) is 3.55. The molecule has 2 aromatic rings. The molecule has 1 heterocycles. The standard InChI is InChI=1S/C18H17F3N2O3/c1-23(2)13-8-7-11(18(19,20)21)9-12(13)22-17(24)16-10-25-14-5-3-4-6-15(14)26-16/h3-9,16H,10H2,1-2H3,(H,22,24)/t16-/m1/s1. The van der Waals surface area contributed by atoms with Crippen LogP contribution < -0.4 is 19.7 Å². The highest BCUT2D eigenvalue weighted by atomic mass is 19.4. The molecule has 0 aromatic heterocycles. The topological polar surface area (TPSA) is 50.8 Å². The number of para-hydroxylation sites is 2. The Labute approximate surface area is 148 Å². The minimum Gasteiger partial charge on any atom is -0.485 e. The van der Waals surface area contributed by atoms with Crippen LogP contribution in [-0.4, -0.2) is 32.7 Å². The summed E-state index contributed by atoms with van der Waals surface area (Å²) in [6.45, 7) is -0.0287. The number of hydrogen-bond donors (Lipinski definition) is 1. The second kappa shape index (κ2) is 6.78. The Kier molecular flexibility index (Phi) is 4.67. The molecule has 0 saturated heterocycles. The summed E-state index contributed by atoms with van der Waals surface area (Å²) in [5, 5.41) is 2.52. The lowest BCUT2D eigenvalue weighted by Gasteiger charge is -2.26. The molecule has 0 bridgehead atoms. The Morgan fingerprint density at radius 2 is 1.85 bits per heavy atom. The van der Waals surface area contributed by atoms with Gasteiger partial charge >= 0.3 is 6.18 Å². The van der Waals surface area contributed by atoms with E-state index in [0.29, 0.717) is 17.2 Å². The maximum Gasteiger partial charge on any atom is 0.416 e. The van der Waals surface area contributed by atoms with Gasteiger partial charge in [-0.05, 0) is 30.3 Å². The number of halogens is 3. The van der Waals surface area contributed by atoms with Gasteiger partial charge in [0.2, 0.25) is 6.10 Å². The highest BCUT2D eigenvalue weighted by Crippen LogP contribution is 2.35. The molecule has 0 fully saturated rings. The van der Waals surface area contributed by atoms with Crippen LogP contribution in [0.25, 0.3) is 0 Å². The molecule has 0 aliphatic carbocycles. The molecule has 1 aliphatic heterocycles. The van der Waals surface area contributed by atoms with Crippen molar-refractivity contribution >= 4 is 17.3 Å². The van der Waals surface area contributed by atoms with E-state index in [9.17, 15) is 18.0 Å². The summed E-state index contributed by atoms with van der Waals surface area (Å²) in [4.78, 5) is 14.1. The Hall–Kier alpha value is -2.90. The molecule has 1 aliphatic rings. The average molecular weight is 366 g/mol. The fourth-order valence-electron chi connectivity index (χ4n) is 2.56. The molecule has 0 spiro atoms. The van der Waals surface area contributed by atoms with E-state index < -0.39 is 23.8 Å². The van der Waals surface area contributed by atoms with E-state index in [1.165, 1.54) is 6.07 Å². The zero-order valence-corrected chi connectivity index (χ0v) is 14.1. The first-order chi connectivity index (χ1) is 12.3. The molecule has 1 amide bonds. The smallest absolute Gasteiger partial charge is 0.416 e. The van der Waals surface area contributed by atoms with Gasteiger partial charge in [-0.1, -0.05) is 12.1 Å². The van der Waals surface area contributed by atoms with Gasteiger partial charge in [0.15, 0.2) is 11.5 Å². The summed E-state index contributed by atoms with van der Waals surface area (Å²) in [6, 6.07) is 10.1. The summed E-state index contributed by atoms with van der Waals surface area (Å²) < 4.78 is 50.0. The zero-order chi connectivity index (χ0) is 18.9. The number of carbonyl (C=O) groups is 1. The van der Waals surface area contributed by atoms with E-state index in [0.717, 1.165) is 12.1 Å². The lowest BCUT2D eigenvalue weighted by atomic mass is 10.1. The molecule has 0 saturated carbocycles. The number of amides is 1. The van der Waals surface area contributed by atoms with Crippen molar-refractivity contribution in [3.8, 4) is 11.5 Å². The Morgan fingerprint density at radius 3 is 2.50 bits per heavy atom. The van der Waals surface area contributed by atoms with E-state index >= 15 is 0 Å². The predicted molar refractivity (Wildman–Crippen MR) is 90.8 cm³/mol. The van der Waals surface area contributed by atoms with E-state index in [4.69, 9.17) is 9.47 Å². The summed E-state index contributed by atoms with van der Waals surface area (Å²) in [5.41, 5.74) is -0.342. The van der Waals surface area contributed by atoms with Crippen LogP contribution in [0.15, 0.2) is 42.5 Å². The van der Waals surface area contributed by atoms with E-state index in [2.05, 4.69) is 5.32 Å². The first kappa shape index (κ1) is 17.9. The second-order valence-corrected chi connectivity index (χ2v) is 5.98. The van der Waals surface area contributed by atoms with Gasteiger partial charge in [-0.15, -0.1) is 0 Å². The monoisotopic (exact) mass is 366 g/mol. The number of carbonyl (C=O) groups excluding carboxylic acids is 1. The van der Waals surface area contributed by atoms with Crippen LogP contribution >= 0.6 is 0 Å².